The van der Waals surface area contributed by atoms with Crippen LogP contribution in [0.1, 0.15) is 12.8 Å². The summed E-state index contributed by atoms with van der Waals surface area (Å²) >= 11 is 0. The van der Waals surface area contributed by atoms with E-state index in [0.717, 1.165) is 37.1 Å². The molecule has 1 aliphatic rings. The van der Waals surface area contributed by atoms with Crippen LogP contribution in [0.4, 0.5) is 4.79 Å². The molecule has 0 spiro atoms. The van der Waals surface area contributed by atoms with Gasteiger partial charge in [0.1, 0.15) is 5.69 Å². The lowest BCUT2D eigenvalue weighted by atomic mass is 10.0. The van der Waals surface area contributed by atoms with Crippen LogP contribution < -0.4 is 0 Å². The van der Waals surface area contributed by atoms with Crippen LogP contribution >= 0.6 is 0 Å². The predicted molar refractivity (Wildman–Crippen MR) is 92.5 cm³/mol. The Labute approximate surface area is 140 Å². The molecule has 0 unspecified atom stereocenters. The van der Waals surface area contributed by atoms with Crippen LogP contribution in [0.5, 0.6) is 0 Å². The molecule has 0 N–H and O–H groups in total. The molecule has 4 rings (SSSR count). The van der Waals surface area contributed by atoms with Crippen molar-refractivity contribution in [3.8, 4) is 22.4 Å². The van der Waals surface area contributed by atoms with Gasteiger partial charge in [-0.1, -0.05) is 59.8 Å². The van der Waals surface area contributed by atoms with Crippen molar-refractivity contribution < 1.29 is 4.79 Å². The second kappa shape index (κ2) is 6.28. The minimum absolute atomic E-state index is 0.0906. The third-order valence-electron chi connectivity index (χ3n) is 4.35. The molecule has 24 heavy (non-hydrogen) atoms. The van der Waals surface area contributed by atoms with Crippen molar-refractivity contribution in [2.24, 2.45) is 0 Å². The van der Waals surface area contributed by atoms with Crippen molar-refractivity contribution in [2.45, 2.75) is 12.8 Å². The molecule has 2 heterocycles. The van der Waals surface area contributed by atoms with E-state index >= 15 is 0 Å². The van der Waals surface area contributed by atoms with Gasteiger partial charge in [-0.25, -0.2) is 4.79 Å². The lowest BCUT2D eigenvalue weighted by Crippen LogP contribution is -2.32. The molecule has 120 valence electrons. The van der Waals surface area contributed by atoms with Crippen molar-refractivity contribution in [3.63, 3.8) is 0 Å². The molecule has 3 aromatic rings. The number of carbonyl (C=O) groups is 1. The zero-order valence-electron chi connectivity index (χ0n) is 13.3. The van der Waals surface area contributed by atoms with Crippen LogP contribution in [-0.4, -0.2) is 39.0 Å². The molecule has 0 aliphatic carbocycles. The predicted octanol–water partition coefficient (Wildman–Crippen LogP) is 3.68. The Balaban J connectivity index is 1.55. The monoisotopic (exact) mass is 318 g/mol. The first-order valence-corrected chi connectivity index (χ1v) is 8.19. The molecule has 5 nitrogen and oxygen atoms in total. The summed E-state index contributed by atoms with van der Waals surface area (Å²) in [4.78, 5) is 14.1. The van der Waals surface area contributed by atoms with Gasteiger partial charge in [-0.3, -0.25) is 0 Å². The molecule has 0 bridgehead atoms. The average molecular weight is 318 g/mol. The van der Waals surface area contributed by atoms with Crippen LogP contribution in [-0.2, 0) is 0 Å². The Morgan fingerprint density at radius 2 is 1.46 bits per heavy atom. The third kappa shape index (κ3) is 2.80. The summed E-state index contributed by atoms with van der Waals surface area (Å²) in [7, 11) is 0. The number of hydrogen-bond donors (Lipinski definition) is 0. The van der Waals surface area contributed by atoms with E-state index in [1.165, 1.54) is 10.2 Å². The van der Waals surface area contributed by atoms with Gasteiger partial charge in [0.15, 0.2) is 0 Å². The fraction of sp³-hybridized carbons (Fsp3) is 0.211. The number of rotatable bonds is 2. The van der Waals surface area contributed by atoms with Gasteiger partial charge in [0.05, 0.1) is 6.20 Å². The molecule has 1 aliphatic heterocycles. The van der Waals surface area contributed by atoms with E-state index in [1.807, 2.05) is 35.2 Å². The van der Waals surface area contributed by atoms with Gasteiger partial charge in [-0.2, -0.15) is 4.68 Å². The van der Waals surface area contributed by atoms with E-state index in [4.69, 9.17) is 0 Å². The maximum absolute atomic E-state index is 12.3. The summed E-state index contributed by atoms with van der Waals surface area (Å²) in [6.07, 6.45) is 3.83. The highest BCUT2D eigenvalue weighted by molar-refractivity contribution is 5.77. The van der Waals surface area contributed by atoms with Crippen molar-refractivity contribution >= 4 is 6.03 Å². The summed E-state index contributed by atoms with van der Waals surface area (Å²) in [5.41, 5.74) is 3.99. The van der Waals surface area contributed by atoms with Gasteiger partial charge in [0.2, 0.25) is 0 Å². The summed E-state index contributed by atoms with van der Waals surface area (Å²) in [6, 6.07) is 18.3. The SMILES string of the molecule is O=C(N1CCCC1)n1cc(-c2ccc(-c3ccccc3)cc2)nn1. The van der Waals surface area contributed by atoms with E-state index < -0.39 is 0 Å². The zero-order chi connectivity index (χ0) is 16.4. The van der Waals surface area contributed by atoms with Gasteiger partial charge < -0.3 is 4.90 Å². The molecule has 1 fully saturated rings. The number of amides is 1. The topological polar surface area (TPSA) is 51.0 Å². The number of benzene rings is 2. The highest BCUT2D eigenvalue weighted by atomic mass is 16.2. The van der Waals surface area contributed by atoms with E-state index in [0.29, 0.717) is 5.69 Å². The first-order chi connectivity index (χ1) is 11.8. The molecule has 0 atom stereocenters. The van der Waals surface area contributed by atoms with Crippen LogP contribution in [0.25, 0.3) is 22.4 Å². The Kier molecular flexibility index (Phi) is 3.83. The lowest BCUT2D eigenvalue weighted by Gasteiger charge is -2.13. The number of likely N-dealkylation sites (tertiary alicyclic amines) is 1. The highest BCUT2D eigenvalue weighted by Crippen LogP contribution is 2.23. The minimum Gasteiger partial charge on any atom is -0.323 e. The first-order valence-electron chi connectivity index (χ1n) is 8.19. The molecule has 1 saturated heterocycles. The van der Waals surface area contributed by atoms with E-state index in [1.54, 1.807) is 6.20 Å². The van der Waals surface area contributed by atoms with Gasteiger partial charge in [0, 0.05) is 18.7 Å². The fourth-order valence-corrected chi connectivity index (χ4v) is 3.01. The number of carbonyl (C=O) groups excluding carboxylic acids is 1. The van der Waals surface area contributed by atoms with Gasteiger partial charge in [-0.15, -0.1) is 5.10 Å². The molecule has 2 aromatic carbocycles. The van der Waals surface area contributed by atoms with Crippen molar-refractivity contribution in [3.05, 3.63) is 60.8 Å². The van der Waals surface area contributed by atoms with Crippen LogP contribution in [0.15, 0.2) is 60.8 Å². The maximum Gasteiger partial charge on any atom is 0.346 e. The van der Waals surface area contributed by atoms with E-state index in [9.17, 15) is 4.79 Å². The first kappa shape index (κ1) is 14.6. The van der Waals surface area contributed by atoms with Crippen molar-refractivity contribution in [1.29, 1.82) is 0 Å². The third-order valence-corrected chi connectivity index (χ3v) is 4.35. The summed E-state index contributed by atoms with van der Waals surface area (Å²) < 4.78 is 1.34. The smallest absolute Gasteiger partial charge is 0.323 e. The normalized spacial score (nSPS) is 14.1. The summed E-state index contributed by atoms with van der Waals surface area (Å²) in [5.74, 6) is 0. The van der Waals surface area contributed by atoms with Gasteiger partial charge >= 0.3 is 6.03 Å². The minimum atomic E-state index is -0.0906. The second-order valence-corrected chi connectivity index (χ2v) is 5.97. The van der Waals surface area contributed by atoms with Crippen LogP contribution in [0, 0.1) is 0 Å². The summed E-state index contributed by atoms with van der Waals surface area (Å²) in [6.45, 7) is 1.61. The van der Waals surface area contributed by atoms with E-state index in [2.05, 4.69) is 34.6 Å². The van der Waals surface area contributed by atoms with Gasteiger partial charge in [0.25, 0.3) is 0 Å². The van der Waals surface area contributed by atoms with Crippen LogP contribution in [0.3, 0.4) is 0 Å². The average Bonchev–Trinajstić information content (AvgIpc) is 3.34. The fourth-order valence-electron chi connectivity index (χ4n) is 3.01. The van der Waals surface area contributed by atoms with Crippen LogP contribution in [0.2, 0.25) is 0 Å². The Bertz CT molecular complexity index is 833. The number of nitrogens with zero attached hydrogens (tertiary/aromatic N) is 4. The standard InChI is InChI=1S/C19H18N4O/c24-19(22-12-4-5-13-22)23-14-18(20-21-23)17-10-8-16(9-11-17)15-6-2-1-3-7-15/h1-3,6-11,14H,4-5,12-13H2. The molecular formula is C19H18N4O. The van der Waals surface area contributed by atoms with E-state index in [-0.39, 0.29) is 6.03 Å². The lowest BCUT2D eigenvalue weighted by molar-refractivity contribution is 0.206. The number of hydrogen-bond acceptors (Lipinski definition) is 3. The molecule has 0 radical (unpaired) electrons. The quantitative estimate of drug-likeness (QED) is 0.724. The Morgan fingerprint density at radius 1 is 0.833 bits per heavy atom. The zero-order valence-corrected chi connectivity index (χ0v) is 13.3. The molecule has 1 amide bonds. The molecule has 5 heteroatoms. The van der Waals surface area contributed by atoms with Crippen molar-refractivity contribution in [1.82, 2.24) is 19.9 Å². The second-order valence-electron chi connectivity index (χ2n) is 5.97. The summed E-state index contributed by atoms with van der Waals surface area (Å²) in [5, 5.41) is 8.14. The Morgan fingerprint density at radius 3 is 2.17 bits per heavy atom. The number of aromatic nitrogens is 3. The largest absolute Gasteiger partial charge is 0.346 e. The molecule has 1 aromatic heterocycles. The highest BCUT2D eigenvalue weighted by Gasteiger charge is 2.20. The molecular weight excluding hydrogens is 300 g/mol. The van der Waals surface area contributed by atoms with Gasteiger partial charge in [-0.05, 0) is 24.0 Å². The molecule has 0 saturated carbocycles. The maximum atomic E-state index is 12.3. The Hall–Kier alpha value is -2.95. The van der Waals surface area contributed by atoms with Crippen molar-refractivity contribution in [2.75, 3.05) is 13.1 Å².